The Kier molecular flexibility index (Phi) is 10.3. The van der Waals surface area contributed by atoms with E-state index in [4.69, 9.17) is 5.73 Å². The molecular weight excluding hydrogens is 416 g/mol. The van der Waals surface area contributed by atoms with Crippen LogP contribution in [0.2, 0.25) is 0 Å². The van der Waals surface area contributed by atoms with Crippen molar-refractivity contribution in [3.63, 3.8) is 0 Å². The molecule has 0 aliphatic carbocycles. The lowest BCUT2D eigenvalue weighted by Crippen LogP contribution is -2.59. The average molecular weight is 453 g/mol. The van der Waals surface area contributed by atoms with E-state index in [1.54, 1.807) is 41.5 Å². The molecule has 0 aliphatic heterocycles. The number of carboxylic acid groups (broad SMARTS) is 1. The summed E-state index contributed by atoms with van der Waals surface area (Å²) in [5.74, 6) is -3.66. The minimum absolute atomic E-state index is 0.110. The molecule has 180 valence electrons. The summed E-state index contributed by atoms with van der Waals surface area (Å²) in [4.78, 5) is 56.6. The van der Waals surface area contributed by atoms with Gasteiger partial charge in [-0.25, -0.2) is 9.78 Å². The van der Waals surface area contributed by atoms with E-state index in [1.165, 1.54) is 12.5 Å². The first kappa shape index (κ1) is 27.1. The van der Waals surface area contributed by atoms with Crippen molar-refractivity contribution in [2.75, 3.05) is 0 Å². The molecule has 0 spiro atoms. The highest BCUT2D eigenvalue weighted by Gasteiger charge is 2.33. The van der Waals surface area contributed by atoms with Crippen molar-refractivity contribution in [1.29, 1.82) is 0 Å². The molecule has 0 saturated heterocycles. The van der Waals surface area contributed by atoms with Crippen LogP contribution in [0, 0.1) is 17.8 Å². The zero-order chi connectivity index (χ0) is 24.6. The van der Waals surface area contributed by atoms with Crippen LogP contribution in [0.5, 0.6) is 0 Å². The normalized spacial score (nSPS) is 15.2. The first-order chi connectivity index (χ1) is 14.8. The number of aromatic amines is 1. The van der Waals surface area contributed by atoms with Crippen LogP contribution in [0.1, 0.15) is 47.2 Å². The third-order valence-electron chi connectivity index (χ3n) is 5.11. The lowest BCUT2D eigenvalue weighted by atomic mass is 9.99. The maximum absolute atomic E-state index is 13.1. The average Bonchev–Trinajstić information content (AvgIpc) is 3.20. The van der Waals surface area contributed by atoms with Gasteiger partial charge in [0.05, 0.1) is 12.4 Å². The van der Waals surface area contributed by atoms with Crippen molar-refractivity contribution < 1.29 is 24.3 Å². The SMILES string of the molecule is CC(C)C(N)C(=O)NC(Cc1cnc[nH]1)C(=O)NC(C(=O)NC(C(=O)O)C(C)C)C(C)C. The smallest absolute Gasteiger partial charge is 0.326 e. The molecule has 32 heavy (non-hydrogen) atoms. The summed E-state index contributed by atoms with van der Waals surface area (Å²) in [5, 5.41) is 17.1. The second kappa shape index (κ2) is 12.2. The zero-order valence-electron chi connectivity index (χ0n) is 19.5. The number of nitrogens with two attached hydrogens (primary N) is 1. The first-order valence-corrected chi connectivity index (χ1v) is 10.7. The van der Waals surface area contributed by atoms with Crippen LogP contribution in [0.15, 0.2) is 12.5 Å². The molecule has 0 radical (unpaired) electrons. The molecule has 4 atom stereocenters. The molecule has 4 unspecified atom stereocenters. The Morgan fingerprint density at radius 1 is 0.906 bits per heavy atom. The van der Waals surface area contributed by atoms with Crippen molar-refractivity contribution in [2.24, 2.45) is 23.5 Å². The Morgan fingerprint density at radius 2 is 1.47 bits per heavy atom. The molecule has 11 nitrogen and oxygen atoms in total. The molecule has 1 rings (SSSR count). The van der Waals surface area contributed by atoms with Gasteiger partial charge in [-0.2, -0.15) is 0 Å². The Labute approximate surface area is 188 Å². The van der Waals surface area contributed by atoms with Gasteiger partial charge in [0.1, 0.15) is 18.1 Å². The standard InChI is InChI=1S/C21H36N6O5/c1-10(2)15(22)19(29)25-14(7-13-8-23-9-24-13)18(28)26-16(11(3)4)20(30)27-17(12(5)6)21(31)32/h8-12,14-17H,7,22H2,1-6H3,(H,23,24)(H,25,29)(H,26,28)(H,27,30)(H,31,32). The number of hydrogen-bond donors (Lipinski definition) is 6. The van der Waals surface area contributed by atoms with E-state index in [1.807, 2.05) is 0 Å². The van der Waals surface area contributed by atoms with Gasteiger partial charge in [-0.05, 0) is 17.8 Å². The molecule has 11 heteroatoms. The molecule has 0 fully saturated rings. The number of amides is 3. The quantitative estimate of drug-likeness (QED) is 0.254. The van der Waals surface area contributed by atoms with Gasteiger partial charge in [0.2, 0.25) is 17.7 Å². The van der Waals surface area contributed by atoms with Gasteiger partial charge in [0, 0.05) is 18.3 Å². The van der Waals surface area contributed by atoms with Crippen molar-refractivity contribution in [3.05, 3.63) is 18.2 Å². The maximum Gasteiger partial charge on any atom is 0.326 e. The monoisotopic (exact) mass is 452 g/mol. The van der Waals surface area contributed by atoms with E-state index in [0.29, 0.717) is 5.69 Å². The molecule has 0 aromatic carbocycles. The number of hydrogen-bond acceptors (Lipinski definition) is 6. The number of rotatable bonds is 12. The molecule has 0 bridgehead atoms. The molecule has 0 aliphatic rings. The minimum Gasteiger partial charge on any atom is -0.480 e. The molecule has 0 saturated carbocycles. The van der Waals surface area contributed by atoms with Crippen molar-refractivity contribution in [2.45, 2.75) is 72.1 Å². The lowest BCUT2D eigenvalue weighted by molar-refractivity contribution is -0.143. The Hall–Kier alpha value is -2.95. The number of carbonyl (C=O) groups is 4. The molecule has 1 aromatic heterocycles. The Balaban J connectivity index is 3.03. The molecule has 1 heterocycles. The van der Waals surface area contributed by atoms with Gasteiger partial charge in [0.25, 0.3) is 0 Å². The van der Waals surface area contributed by atoms with E-state index in [-0.39, 0.29) is 24.2 Å². The van der Waals surface area contributed by atoms with Gasteiger partial charge in [-0.15, -0.1) is 0 Å². The second-order valence-electron chi connectivity index (χ2n) is 8.91. The van der Waals surface area contributed by atoms with Crippen LogP contribution in [0.25, 0.3) is 0 Å². The lowest BCUT2D eigenvalue weighted by Gasteiger charge is -2.28. The van der Waals surface area contributed by atoms with E-state index >= 15 is 0 Å². The predicted molar refractivity (Wildman–Crippen MR) is 118 cm³/mol. The first-order valence-electron chi connectivity index (χ1n) is 10.7. The summed E-state index contributed by atoms with van der Waals surface area (Å²) in [6.07, 6.45) is 3.09. The third-order valence-corrected chi connectivity index (χ3v) is 5.11. The largest absolute Gasteiger partial charge is 0.480 e. The summed E-state index contributed by atoms with van der Waals surface area (Å²) in [5.41, 5.74) is 6.52. The molecule has 7 N–H and O–H groups in total. The van der Waals surface area contributed by atoms with E-state index in [0.717, 1.165) is 0 Å². The number of imidazole rings is 1. The van der Waals surface area contributed by atoms with Crippen molar-refractivity contribution >= 4 is 23.7 Å². The summed E-state index contributed by atoms with van der Waals surface area (Å²) >= 11 is 0. The van der Waals surface area contributed by atoms with Gasteiger partial charge >= 0.3 is 5.97 Å². The van der Waals surface area contributed by atoms with Gasteiger partial charge in [-0.3, -0.25) is 14.4 Å². The summed E-state index contributed by atoms with van der Waals surface area (Å²) < 4.78 is 0. The minimum atomic E-state index is -1.16. The van der Waals surface area contributed by atoms with E-state index in [9.17, 15) is 24.3 Å². The number of nitrogens with one attached hydrogen (secondary N) is 4. The fraction of sp³-hybridized carbons (Fsp3) is 0.667. The van der Waals surface area contributed by atoms with E-state index in [2.05, 4.69) is 25.9 Å². The Morgan fingerprint density at radius 3 is 1.91 bits per heavy atom. The highest BCUT2D eigenvalue weighted by Crippen LogP contribution is 2.08. The van der Waals surface area contributed by atoms with Gasteiger partial charge in [-0.1, -0.05) is 41.5 Å². The highest BCUT2D eigenvalue weighted by molar-refractivity contribution is 5.94. The zero-order valence-corrected chi connectivity index (χ0v) is 19.5. The Bertz CT molecular complexity index is 778. The van der Waals surface area contributed by atoms with Gasteiger partial charge < -0.3 is 31.8 Å². The van der Waals surface area contributed by atoms with Crippen molar-refractivity contribution in [3.8, 4) is 0 Å². The van der Waals surface area contributed by atoms with E-state index < -0.39 is 47.9 Å². The van der Waals surface area contributed by atoms with Crippen LogP contribution in [-0.2, 0) is 25.6 Å². The topological polar surface area (TPSA) is 179 Å². The van der Waals surface area contributed by atoms with Crippen LogP contribution in [-0.4, -0.2) is 62.9 Å². The van der Waals surface area contributed by atoms with Crippen molar-refractivity contribution in [1.82, 2.24) is 25.9 Å². The number of aliphatic carboxylic acids is 1. The summed E-state index contributed by atoms with van der Waals surface area (Å²) in [7, 11) is 0. The number of carbonyl (C=O) groups excluding carboxylic acids is 3. The van der Waals surface area contributed by atoms with Crippen LogP contribution >= 0.6 is 0 Å². The van der Waals surface area contributed by atoms with Crippen LogP contribution in [0.3, 0.4) is 0 Å². The number of H-pyrrole nitrogens is 1. The van der Waals surface area contributed by atoms with Gasteiger partial charge in [0.15, 0.2) is 0 Å². The molecule has 1 aromatic rings. The second-order valence-corrected chi connectivity index (χ2v) is 8.91. The highest BCUT2D eigenvalue weighted by atomic mass is 16.4. The molecule has 3 amide bonds. The summed E-state index contributed by atoms with van der Waals surface area (Å²) in [6.45, 7) is 10.4. The maximum atomic E-state index is 13.1. The predicted octanol–water partition coefficient (Wildman–Crippen LogP) is -0.213. The fourth-order valence-electron chi connectivity index (χ4n) is 2.94. The summed E-state index contributed by atoms with van der Waals surface area (Å²) in [6, 6.07) is -3.91. The number of carboxylic acids is 1. The molecular formula is C21H36N6O5. The van der Waals surface area contributed by atoms with Crippen LogP contribution in [0.4, 0.5) is 0 Å². The number of nitrogens with zero attached hydrogens (tertiary/aromatic N) is 1. The fourth-order valence-corrected chi connectivity index (χ4v) is 2.94. The third kappa shape index (κ3) is 7.95. The van der Waals surface area contributed by atoms with Crippen LogP contribution < -0.4 is 21.7 Å². The number of aromatic nitrogens is 2.